The van der Waals surface area contributed by atoms with Crippen LogP contribution in [-0.2, 0) is 4.74 Å². The van der Waals surface area contributed by atoms with Crippen LogP contribution in [-0.4, -0.2) is 43.6 Å². The summed E-state index contributed by atoms with van der Waals surface area (Å²) in [7, 11) is 0. The molecule has 0 radical (unpaired) electrons. The van der Waals surface area contributed by atoms with Crippen LogP contribution < -0.4 is 5.73 Å². The number of hydrogen-bond acceptors (Lipinski definition) is 3. The summed E-state index contributed by atoms with van der Waals surface area (Å²) in [6, 6.07) is 0. The Balaban J connectivity index is 2.13. The number of nitrogens with two attached hydrogens (primary N) is 1. The Kier molecular flexibility index (Phi) is 5.92. The Morgan fingerprint density at radius 2 is 2.00 bits per heavy atom. The average Bonchev–Trinajstić information content (AvgIpc) is 2.31. The smallest absolute Gasteiger partial charge is 0.0966 e. The number of unbranched alkanes of at least 4 members (excludes halogenated alkanes) is 1. The molecule has 0 amide bonds. The molecule has 1 fully saturated rings. The summed E-state index contributed by atoms with van der Waals surface area (Å²) in [6.45, 7) is 9.07. The fourth-order valence-corrected chi connectivity index (χ4v) is 2.08. The van der Waals surface area contributed by atoms with Crippen LogP contribution >= 0.6 is 0 Å². The second-order valence-electron chi connectivity index (χ2n) is 5.28. The maximum absolute atomic E-state index is 7.60. The SMILES string of the molecule is CCCCOCCN1CCC(C)(C(=N)N)CC1. The van der Waals surface area contributed by atoms with E-state index < -0.39 is 0 Å². The molecule has 0 aromatic heterocycles. The van der Waals surface area contributed by atoms with Crippen LogP contribution in [0.2, 0.25) is 0 Å². The minimum Gasteiger partial charge on any atom is -0.387 e. The first kappa shape index (κ1) is 14.5. The number of piperidine rings is 1. The van der Waals surface area contributed by atoms with E-state index in [2.05, 4.69) is 18.7 Å². The molecule has 1 heterocycles. The van der Waals surface area contributed by atoms with E-state index in [1.807, 2.05) is 0 Å². The largest absolute Gasteiger partial charge is 0.387 e. The van der Waals surface area contributed by atoms with Gasteiger partial charge in [-0.3, -0.25) is 5.41 Å². The van der Waals surface area contributed by atoms with Gasteiger partial charge in [0.15, 0.2) is 0 Å². The minimum atomic E-state index is -0.0699. The standard InChI is InChI=1S/C13H27N3O/c1-3-4-10-17-11-9-16-7-5-13(2,6-8-16)12(14)15/h3-11H2,1-2H3,(H3,14,15). The van der Waals surface area contributed by atoms with Crippen molar-refractivity contribution in [3.05, 3.63) is 0 Å². The summed E-state index contributed by atoms with van der Waals surface area (Å²) in [4.78, 5) is 2.41. The van der Waals surface area contributed by atoms with Crippen molar-refractivity contribution in [3.8, 4) is 0 Å². The molecule has 0 atom stereocenters. The zero-order chi connectivity index (χ0) is 12.7. The fraction of sp³-hybridized carbons (Fsp3) is 0.923. The number of nitrogens with one attached hydrogen (secondary N) is 1. The predicted octanol–water partition coefficient (Wildman–Crippen LogP) is 1.84. The molecule has 0 saturated carbocycles. The Morgan fingerprint density at radius 3 is 2.53 bits per heavy atom. The van der Waals surface area contributed by atoms with E-state index >= 15 is 0 Å². The van der Waals surface area contributed by atoms with E-state index in [9.17, 15) is 0 Å². The first-order chi connectivity index (χ1) is 8.08. The van der Waals surface area contributed by atoms with Crippen molar-refractivity contribution in [2.45, 2.75) is 39.5 Å². The van der Waals surface area contributed by atoms with Gasteiger partial charge in [-0.1, -0.05) is 20.3 Å². The van der Waals surface area contributed by atoms with Crippen molar-refractivity contribution >= 4 is 5.84 Å². The van der Waals surface area contributed by atoms with Crippen LogP contribution in [0, 0.1) is 10.8 Å². The highest BCUT2D eigenvalue weighted by Gasteiger charge is 2.32. The molecule has 1 saturated heterocycles. The Morgan fingerprint density at radius 1 is 1.35 bits per heavy atom. The van der Waals surface area contributed by atoms with Crippen molar-refractivity contribution in [2.75, 3.05) is 32.8 Å². The van der Waals surface area contributed by atoms with E-state index in [0.29, 0.717) is 5.84 Å². The lowest BCUT2D eigenvalue weighted by Crippen LogP contribution is -2.45. The van der Waals surface area contributed by atoms with Gasteiger partial charge in [0.25, 0.3) is 0 Å². The predicted molar refractivity (Wildman–Crippen MR) is 71.4 cm³/mol. The lowest BCUT2D eigenvalue weighted by Gasteiger charge is -2.38. The van der Waals surface area contributed by atoms with Gasteiger partial charge in [-0.2, -0.15) is 0 Å². The third-order valence-electron chi connectivity index (χ3n) is 3.80. The van der Waals surface area contributed by atoms with E-state index in [-0.39, 0.29) is 5.41 Å². The van der Waals surface area contributed by atoms with Crippen molar-refractivity contribution < 1.29 is 4.74 Å². The molecule has 3 N–H and O–H groups in total. The quantitative estimate of drug-likeness (QED) is 0.406. The van der Waals surface area contributed by atoms with Crippen LogP contribution in [0.25, 0.3) is 0 Å². The van der Waals surface area contributed by atoms with Gasteiger partial charge in [0.1, 0.15) is 0 Å². The van der Waals surface area contributed by atoms with E-state index in [4.69, 9.17) is 15.9 Å². The molecule has 100 valence electrons. The Labute approximate surface area is 105 Å². The molecule has 0 aliphatic carbocycles. The lowest BCUT2D eigenvalue weighted by molar-refractivity contribution is 0.0816. The molecule has 0 aromatic carbocycles. The summed E-state index contributed by atoms with van der Waals surface area (Å²) in [5.41, 5.74) is 5.57. The highest BCUT2D eigenvalue weighted by molar-refractivity contribution is 5.83. The summed E-state index contributed by atoms with van der Waals surface area (Å²) in [5.74, 6) is 0.344. The lowest BCUT2D eigenvalue weighted by atomic mass is 9.79. The van der Waals surface area contributed by atoms with Crippen LogP contribution in [0.4, 0.5) is 0 Å². The normalized spacial score (nSPS) is 20.4. The summed E-state index contributed by atoms with van der Waals surface area (Å²) < 4.78 is 5.57. The molecule has 17 heavy (non-hydrogen) atoms. The number of amidine groups is 1. The fourth-order valence-electron chi connectivity index (χ4n) is 2.08. The average molecular weight is 241 g/mol. The first-order valence-electron chi connectivity index (χ1n) is 6.73. The number of rotatable bonds is 7. The summed E-state index contributed by atoms with van der Waals surface area (Å²) >= 11 is 0. The van der Waals surface area contributed by atoms with Gasteiger partial charge in [0.2, 0.25) is 0 Å². The van der Waals surface area contributed by atoms with Crippen LogP contribution in [0.1, 0.15) is 39.5 Å². The van der Waals surface area contributed by atoms with E-state index in [1.165, 1.54) is 6.42 Å². The van der Waals surface area contributed by atoms with E-state index in [0.717, 1.165) is 52.1 Å². The molecular formula is C13H27N3O. The molecule has 1 aliphatic rings. The number of hydrogen-bond donors (Lipinski definition) is 2. The number of ether oxygens (including phenoxy) is 1. The number of likely N-dealkylation sites (tertiary alicyclic amines) is 1. The summed E-state index contributed by atoms with van der Waals surface area (Å²) in [5, 5.41) is 7.60. The van der Waals surface area contributed by atoms with Gasteiger partial charge in [0.05, 0.1) is 12.4 Å². The van der Waals surface area contributed by atoms with Gasteiger partial charge in [-0.05, 0) is 32.4 Å². The van der Waals surface area contributed by atoms with Gasteiger partial charge in [-0.25, -0.2) is 0 Å². The first-order valence-corrected chi connectivity index (χ1v) is 6.73. The second kappa shape index (κ2) is 6.97. The maximum Gasteiger partial charge on any atom is 0.0966 e. The highest BCUT2D eigenvalue weighted by atomic mass is 16.5. The minimum absolute atomic E-state index is 0.0699. The van der Waals surface area contributed by atoms with Crippen molar-refractivity contribution in [3.63, 3.8) is 0 Å². The summed E-state index contributed by atoms with van der Waals surface area (Å²) in [6.07, 6.45) is 4.34. The van der Waals surface area contributed by atoms with Crippen molar-refractivity contribution in [2.24, 2.45) is 11.1 Å². The topological polar surface area (TPSA) is 62.3 Å². The Bertz CT molecular complexity index is 235. The Hall–Kier alpha value is -0.610. The molecule has 0 aromatic rings. The second-order valence-corrected chi connectivity index (χ2v) is 5.28. The van der Waals surface area contributed by atoms with Gasteiger partial charge >= 0.3 is 0 Å². The van der Waals surface area contributed by atoms with Crippen LogP contribution in [0.3, 0.4) is 0 Å². The van der Waals surface area contributed by atoms with Crippen molar-refractivity contribution in [1.82, 2.24) is 4.90 Å². The van der Waals surface area contributed by atoms with Crippen LogP contribution in [0.15, 0.2) is 0 Å². The maximum atomic E-state index is 7.60. The molecule has 1 aliphatic heterocycles. The van der Waals surface area contributed by atoms with E-state index in [1.54, 1.807) is 0 Å². The monoisotopic (exact) mass is 241 g/mol. The van der Waals surface area contributed by atoms with Gasteiger partial charge in [0, 0.05) is 18.6 Å². The third kappa shape index (κ3) is 4.64. The molecule has 4 heteroatoms. The third-order valence-corrected chi connectivity index (χ3v) is 3.80. The molecule has 0 bridgehead atoms. The van der Waals surface area contributed by atoms with Crippen LogP contribution in [0.5, 0.6) is 0 Å². The molecular weight excluding hydrogens is 214 g/mol. The van der Waals surface area contributed by atoms with Gasteiger partial charge < -0.3 is 15.4 Å². The zero-order valence-electron chi connectivity index (χ0n) is 11.3. The number of nitrogens with zero attached hydrogens (tertiary/aromatic N) is 1. The molecule has 1 rings (SSSR count). The highest BCUT2D eigenvalue weighted by Crippen LogP contribution is 2.30. The molecule has 0 spiro atoms. The van der Waals surface area contributed by atoms with Gasteiger partial charge in [-0.15, -0.1) is 0 Å². The van der Waals surface area contributed by atoms with Crippen molar-refractivity contribution in [1.29, 1.82) is 5.41 Å². The zero-order valence-corrected chi connectivity index (χ0v) is 11.3. The molecule has 0 unspecified atom stereocenters. The molecule has 4 nitrogen and oxygen atoms in total.